The Morgan fingerprint density at radius 3 is 0.788 bits per heavy atom. The lowest BCUT2D eigenvalue weighted by Crippen LogP contribution is -2.35. The number of anilines is 4. The summed E-state index contributed by atoms with van der Waals surface area (Å²) >= 11 is 0. The molecule has 0 saturated heterocycles. The third kappa shape index (κ3) is 5.75. The van der Waals surface area contributed by atoms with Crippen molar-refractivity contribution < 1.29 is 0 Å². The van der Waals surface area contributed by atoms with Crippen molar-refractivity contribution >= 4 is 22.7 Å². The minimum absolute atomic E-state index is 0.104. The van der Waals surface area contributed by atoms with E-state index in [1.54, 1.807) is 0 Å². The number of nitrogens with zero attached hydrogens (tertiary/aromatic N) is 2. The molecule has 0 amide bonds. The highest BCUT2D eigenvalue weighted by molar-refractivity contribution is 5.87. The minimum atomic E-state index is -0.104. The normalized spacial score (nSPS) is 14.5. The molecule has 0 saturated carbocycles. The quantitative estimate of drug-likeness (QED) is 0.159. The average Bonchev–Trinajstić information content (AvgIpc) is 3.23. The van der Waals surface area contributed by atoms with E-state index in [1.165, 1.54) is 44.5 Å². The number of benzene rings is 8. The van der Waals surface area contributed by atoms with Crippen LogP contribution in [-0.2, 0) is 0 Å². The highest BCUT2D eigenvalue weighted by Crippen LogP contribution is 2.54. The molecule has 2 unspecified atom stereocenters. The summed E-state index contributed by atoms with van der Waals surface area (Å²) in [6.07, 6.45) is 0. The van der Waals surface area contributed by atoms with Crippen LogP contribution in [0.1, 0.15) is 34.3 Å². The molecule has 9 rings (SSSR count). The van der Waals surface area contributed by atoms with E-state index in [9.17, 15) is 0 Å². The van der Waals surface area contributed by atoms with Crippen LogP contribution in [0.5, 0.6) is 0 Å². The molecule has 1 aliphatic rings. The molecule has 0 bridgehead atoms. The van der Waals surface area contributed by atoms with Gasteiger partial charge in [0.15, 0.2) is 0 Å². The van der Waals surface area contributed by atoms with Crippen LogP contribution in [0.15, 0.2) is 218 Å². The van der Waals surface area contributed by atoms with Gasteiger partial charge in [-0.15, -0.1) is 0 Å². The first-order valence-electron chi connectivity index (χ1n) is 18.0. The summed E-state index contributed by atoms with van der Waals surface area (Å²) < 4.78 is 0. The minimum Gasteiger partial charge on any atom is -0.330 e. The lowest BCUT2D eigenvalue weighted by atomic mass is 9.74. The van der Waals surface area contributed by atoms with E-state index in [0.29, 0.717) is 0 Å². The second-order valence-electron chi connectivity index (χ2n) is 13.3. The summed E-state index contributed by atoms with van der Waals surface area (Å²) in [6, 6.07) is 79.0. The van der Waals surface area contributed by atoms with Crippen LogP contribution in [0.4, 0.5) is 22.7 Å². The van der Waals surface area contributed by atoms with Crippen LogP contribution in [0.25, 0.3) is 22.3 Å². The summed E-state index contributed by atoms with van der Waals surface area (Å²) in [5, 5.41) is 0. The lowest BCUT2D eigenvalue weighted by Gasteiger charge is -2.45. The van der Waals surface area contributed by atoms with E-state index in [2.05, 4.69) is 228 Å². The molecule has 8 aromatic carbocycles. The summed E-state index contributed by atoms with van der Waals surface area (Å²) in [5.41, 5.74) is 14.6. The van der Waals surface area contributed by atoms with Crippen molar-refractivity contribution in [3.63, 3.8) is 0 Å². The Hall–Kier alpha value is -6.64. The molecule has 0 aromatic heterocycles. The molecule has 2 atom stereocenters. The maximum absolute atomic E-state index is 2.53. The van der Waals surface area contributed by atoms with Crippen molar-refractivity contribution in [3.05, 3.63) is 241 Å². The summed E-state index contributed by atoms with van der Waals surface area (Å²) in [6.45, 7) is 0. The van der Waals surface area contributed by atoms with Crippen LogP contribution >= 0.6 is 0 Å². The first-order valence-corrected chi connectivity index (χ1v) is 18.0. The Morgan fingerprint density at radius 2 is 0.500 bits per heavy atom. The summed E-state index contributed by atoms with van der Waals surface area (Å²) in [4.78, 5) is 5.06. The van der Waals surface area contributed by atoms with Crippen LogP contribution in [0.2, 0.25) is 0 Å². The second-order valence-corrected chi connectivity index (χ2v) is 13.3. The fourth-order valence-corrected chi connectivity index (χ4v) is 7.97. The van der Waals surface area contributed by atoms with Crippen molar-refractivity contribution in [1.82, 2.24) is 0 Å². The van der Waals surface area contributed by atoms with Gasteiger partial charge in [-0.3, -0.25) is 0 Å². The smallest absolute Gasteiger partial charge is 0.0852 e. The van der Waals surface area contributed by atoms with Crippen LogP contribution in [-0.4, -0.2) is 0 Å². The molecular formula is C50H38N2. The maximum atomic E-state index is 2.53. The maximum Gasteiger partial charge on any atom is 0.0852 e. The van der Waals surface area contributed by atoms with Gasteiger partial charge in [0.1, 0.15) is 0 Å². The zero-order chi connectivity index (χ0) is 34.7. The van der Waals surface area contributed by atoms with Crippen LogP contribution in [0, 0.1) is 0 Å². The van der Waals surface area contributed by atoms with Gasteiger partial charge in [0.25, 0.3) is 0 Å². The number of fused-ring (bicyclic) bond motifs is 2. The number of hydrogen-bond acceptors (Lipinski definition) is 2. The largest absolute Gasteiger partial charge is 0.330 e. The van der Waals surface area contributed by atoms with Crippen molar-refractivity contribution in [1.29, 1.82) is 0 Å². The van der Waals surface area contributed by atoms with Gasteiger partial charge in [0.05, 0.1) is 12.1 Å². The van der Waals surface area contributed by atoms with Crippen molar-refractivity contribution in [3.8, 4) is 22.3 Å². The highest BCUT2D eigenvalue weighted by atomic mass is 15.2. The standard InChI is InChI=1S/C50H38N2/c1-7-21-37(22-8-1)45-35-47-48(36-46(45)38-23-9-2-10-24-38)50(52(41-29-15-5-16-30-41)42-31-17-6-18-32-42)44-34-20-19-33-43(44)49(47)51(39-25-11-3-12-26-39)40-27-13-4-14-28-40/h1-36,49-50H. The van der Waals surface area contributed by atoms with Gasteiger partial charge in [-0.1, -0.05) is 158 Å². The van der Waals surface area contributed by atoms with Gasteiger partial charge in [0.2, 0.25) is 0 Å². The van der Waals surface area contributed by atoms with Crippen molar-refractivity contribution in [2.24, 2.45) is 0 Å². The van der Waals surface area contributed by atoms with Crippen molar-refractivity contribution in [2.45, 2.75) is 12.1 Å². The van der Waals surface area contributed by atoms with Crippen molar-refractivity contribution in [2.75, 3.05) is 9.80 Å². The SMILES string of the molecule is c1ccc(-c2cc3c(cc2-c2ccccc2)C(N(c2ccccc2)c2ccccc2)c2ccccc2C3N(c2ccccc2)c2ccccc2)cc1. The third-order valence-electron chi connectivity index (χ3n) is 10.2. The molecule has 8 aromatic rings. The summed E-state index contributed by atoms with van der Waals surface area (Å²) in [5.74, 6) is 0. The number of para-hydroxylation sites is 4. The van der Waals surface area contributed by atoms with E-state index in [1.807, 2.05) is 0 Å². The van der Waals surface area contributed by atoms with Gasteiger partial charge in [-0.05, 0) is 105 Å². The molecule has 0 heterocycles. The molecule has 52 heavy (non-hydrogen) atoms. The van der Waals surface area contributed by atoms with E-state index in [4.69, 9.17) is 0 Å². The zero-order valence-corrected chi connectivity index (χ0v) is 28.8. The molecule has 0 aliphatic heterocycles. The van der Waals surface area contributed by atoms with Gasteiger partial charge in [0, 0.05) is 22.7 Å². The Labute approximate surface area is 306 Å². The fourth-order valence-electron chi connectivity index (χ4n) is 7.97. The monoisotopic (exact) mass is 666 g/mol. The van der Waals surface area contributed by atoms with Gasteiger partial charge in [-0.25, -0.2) is 0 Å². The third-order valence-corrected chi connectivity index (χ3v) is 10.2. The van der Waals surface area contributed by atoms with Gasteiger partial charge >= 0.3 is 0 Å². The molecule has 248 valence electrons. The Kier molecular flexibility index (Phi) is 8.40. The summed E-state index contributed by atoms with van der Waals surface area (Å²) in [7, 11) is 0. The molecule has 0 radical (unpaired) electrons. The average molecular weight is 667 g/mol. The number of hydrogen-bond donors (Lipinski definition) is 0. The van der Waals surface area contributed by atoms with Crippen LogP contribution < -0.4 is 9.80 Å². The Bertz CT molecular complexity index is 2140. The van der Waals surface area contributed by atoms with E-state index < -0.39 is 0 Å². The first kappa shape index (κ1) is 31.3. The molecular weight excluding hydrogens is 629 g/mol. The second kappa shape index (κ2) is 13.9. The topological polar surface area (TPSA) is 6.48 Å². The fraction of sp³-hybridized carbons (Fsp3) is 0.0400. The van der Waals surface area contributed by atoms with Crippen LogP contribution in [0.3, 0.4) is 0 Å². The zero-order valence-electron chi connectivity index (χ0n) is 28.8. The Balaban J connectivity index is 1.41. The first-order chi connectivity index (χ1) is 25.8. The number of rotatable bonds is 8. The van der Waals surface area contributed by atoms with Gasteiger partial charge in [-0.2, -0.15) is 0 Å². The predicted octanol–water partition coefficient (Wildman–Crippen LogP) is 13.2. The van der Waals surface area contributed by atoms with Gasteiger partial charge < -0.3 is 9.80 Å². The Morgan fingerprint density at radius 1 is 0.250 bits per heavy atom. The highest BCUT2D eigenvalue weighted by Gasteiger charge is 2.40. The molecule has 2 nitrogen and oxygen atoms in total. The predicted molar refractivity (Wildman–Crippen MR) is 217 cm³/mol. The van der Waals surface area contributed by atoms with E-state index in [0.717, 1.165) is 22.7 Å². The molecule has 0 fully saturated rings. The molecule has 2 heteroatoms. The molecule has 0 N–H and O–H groups in total. The molecule has 0 spiro atoms. The lowest BCUT2D eigenvalue weighted by molar-refractivity contribution is 0.700. The molecule has 1 aliphatic carbocycles. The van der Waals surface area contributed by atoms with E-state index >= 15 is 0 Å². The van der Waals surface area contributed by atoms with E-state index in [-0.39, 0.29) is 12.1 Å².